The van der Waals surface area contributed by atoms with Gasteiger partial charge in [-0.3, -0.25) is 4.79 Å². The van der Waals surface area contributed by atoms with Gasteiger partial charge in [-0.25, -0.2) is 0 Å². The van der Waals surface area contributed by atoms with Crippen LogP contribution in [0.5, 0.6) is 0 Å². The molecule has 0 amide bonds. The number of ketones is 1. The molecule has 3 aromatic rings. The Morgan fingerprint density at radius 1 is 1.18 bits per heavy atom. The van der Waals surface area contributed by atoms with E-state index >= 15 is 0 Å². The molecule has 0 saturated heterocycles. The quantitative estimate of drug-likeness (QED) is 0.680. The van der Waals surface area contributed by atoms with E-state index < -0.39 is 6.10 Å². The first-order valence-corrected chi connectivity index (χ1v) is 8.27. The fourth-order valence-electron chi connectivity index (χ4n) is 2.65. The SMILES string of the molecule is Cc1ccccc1C(=O)CCC(O)c1ccc2sccc2c1. The number of fused-ring (bicyclic) bond motifs is 1. The van der Waals surface area contributed by atoms with Gasteiger partial charge in [0.1, 0.15) is 0 Å². The van der Waals surface area contributed by atoms with Gasteiger partial charge in [0.15, 0.2) is 5.78 Å². The maximum atomic E-state index is 12.3. The fourth-order valence-corrected chi connectivity index (χ4v) is 3.42. The van der Waals surface area contributed by atoms with E-state index in [-0.39, 0.29) is 5.78 Å². The normalized spacial score (nSPS) is 12.5. The average Bonchev–Trinajstić information content (AvgIpc) is 3.00. The molecule has 0 bridgehead atoms. The number of thiophene rings is 1. The third-order valence-electron chi connectivity index (χ3n) is 3.95. The van der Waals surface area contributed by atoms with Crippen molar-refractivity contribution in [1.29, 1.82) is 0 Å². The molecule has 0 fully saturated rings. The average molecular weight is 310 g/mol. The lowest BCUT2D eigenvalue weighted by atomic mass is 9.97. The Hall–Kier alpha value is -1.97. The molecule has 0 radical (unpaired) electrons. The molecule has 2 nitrogen and oxygen atoms in total. The van der Waals surface area contributed by atoms with Gasteiger partial charge < -0.3 is 5.11 Å². The first kappa shape index (κ1) is 14.9. The Balaban J connectivity index is 1.68. The molecule has 1 heterocycles. The number of Topliss-reactive ketones (excluding diaryl/α,β-unsaturated/α-hetero) is 1. The zero-order valence-electron chi connectivity index (χ0n) is 12.5. The van der Waals surface area contributed by atoms with Crippen molar-refractivity contribution in [2.75, 3.05) is 0 Å². The molecule has 0 saturated carbocycles. The third-order valence-corrected chi connectivity index (χ3v) is 4.85. The van der Waals surface area contributed by atoms with E-state index in [1.54, 1.807) is 11.3 Å². The summed E-state index contributed by atoms with van der Waals surface area (Å²) in [5, 5.41) is 13.5. The Kier molecular flexibility index (Phi) is 4.36. The predicted octanol–water partition coefficient (Wildman–Crippen LogP) is 4.91. The van der Waals surface area contributed by atoms with Crippen LogP contribution >= 0.6 is 11.3 Å². The summed E-state index contributed by atoms with van der Waals surface area (Å²) in [6, 6.07) is 15.6. The van der Waals surface area contributed by atoms with Crippen LogP contribution in [0, 0.1) is 6.92 Å². The molecule has 2 aromatic carbocycles. The number of carbonyl (C=O) groups excluding carboxylic acids is 1. The summed E-state index contributed by atoms with van der Waals surface area (Å²) in [6.45, 7) is 1.94. The van der Waals surface area contributed by atoms with E-state index in [0.717, 1.165) is 22.1 Å². The molecule has 0 spiro atoms. The number of rotatable bonds is 5. The number of aliphatic hydroxyl groups is 1. The maximum absolute atomic E-state index is 12.3. The minimum atomic E-state index is -0.600. The van der Waals surface area contributed by atoms with Crippen molar-refractivity contribution in [2.24, 2.45) is 0 Å². The van der Waals surface area contributed by atoms with E-state index in [0.29, 0.717) is 12.8 Å². The van der Waals surface area contributed by atoms with Crippen LogP contribution in [0.15, 0.2) is 53.9 Å². The van der Waals surface area contributed by atoms with Gasteiger partial charge >= 0.3 is 0 Å². The number of hydrogen-bond donors (Lipinski definition) is 1. The largest absolute Gasteiger partial charge is 0.388 e. The Bertz CT molecular complexity index is 804. The number of hydrogen-bond acceptors (Lipinski definition) is 3. The van der Waals surface area contributed by atoms with E-state index in [4.69, 9.17) is 0 Å². The highest BCUT2D eigenvalue weighted by Gasteiger charge is 2.13. The Morgan fingerprint density at radius 3 is 2.82 bits per heavy atom. The van der Waals surface area contributed by atoms with Crippen LogP contribution in [-0.4, -0.2) is 10.9 Å². The molecule has 0 aliphatic rings. The third kappa shape index (κ3) is 3.11. The highest BCUT2D eigenvalue weighted by atomic mass is 32.1. The molecular formula is C19H18O2S. The molecular weight excluding hydrogens is 292 g/mol. The summed E-state index contributed by atoms with van der Waals surface area (Å²) in [5.41, 5.74) is 2.62. The van der Waals surface area contributed by atoms with Gasteiger partial charge in [-0.15, -0.1) is 11.3 Å². The standard InChI is InChI=1S/C19H18O2S/c1-13-4-2-3-5-16(13)18(21)8-7-17(20)14-6-9-19-15(12-14)10-11-22-19/h2-6,9-12,17,20H,7-8H2,1H3. The van der Waals surface area contributed by atoms with Crippen LogP contribution in [0.3, 0.4) is 0 Å². The van der Waals surface area contributed by atoms with Crippen LogP contribution in [0.1, 0.15) is 40.4 Å². The molecule has 1 aromatic heterocycles. The lowest BCUT2D eigenvalue weighted by Crippen LogP contribution is -2.05. The van der Waals surface area contributed by atoms with Crippen molar-refractivity contribution in [1.82, 2.24) is 0 Å². The highest BCUT2D eigenvalue weighted by Crippen LogP contribution is 2.27. The van der Waals surface area contributed by atoms with Gasteiger partial charge in [0.25, 0.3) is 0 Å². The van der Waals surface area contributed by atoms with Crippen LogP contribution < -0.4 is 0 Å². The molecule has 3 rings (SSSR count). The second-order valence-corrected chi connectivity index (χ2v) is 6.46. The second-order valence-electron chi connectivity index (χ2n) is 5.51. The lowest BCUT2D eigenvalue weighted by Gasteiger charge is -2.11. The Morgan fingerprint density at radius 2 is 2.00 bits per heavy atom. The van der Waals surface area contributed by atoms with Gasteiger partial charge in [-0.2, -0.15) is 0 Å². The highest BCUT2D eigenvalue weighted by molar-refractivity contribution is 7.17. The molecule has 1 atom stereocenters. The van der Waals surface area contributed by atoms with E-state index in [2.05, 4.69) is 6.07 Å². The number of aliphatic hydroxyl groups excluding tert-OH is 1. The molecule has 0 aliphatic carbocycles. The minimum absolute atomic E-state index is 0.0914. The predicted molar refractivity (Wildman–Crippen MR) is 91.5 cm³/mol. The second kappa shape index (κ2) is 6.42. The van der Waals surface area contributed by atoms with Crippen molar-refractivity contribution in [3.05, 3.63) is 70.6 Å². The van der Waals surface area contributed by atoms with E-state index in [1.807, 2.05) is 54.8 Å². The molecule has 112 valence electrons. The fraction of sp³-hybridized carbons (Fsp3) is 0.211. The maximum Gasteiger partial charge on any atom is 0.163 e. The van der Waals surface area contributed by atoms with Crippen molar-refractivity contribution >= 4 is 27.2 Å². The van der Waals surface area contributed by atoms with Crippen molar-refractivity contribution < 1.29 is 9.90 Å². The number of benzene rings is 2. The molecule has 3 heteroatoms. The minimum Gasteiger partial charge on any atom is -0.388 e. The summed E-state index contributed by atoms with van der Waals surface area (Å²) >= 11 is 1.69. The number of aryl methyl sites for hydroxylation is 1. The smallest absolute Gasteiger partial charge is 0.163 e. The molecule has 0 aliphatic heterocycles. The topological polar surface area (TPSA) is 37.3 Å². The van der Waals surface area contributed by atoms with Gasteiger partial charge in [-0.05, 0) is 53.4 Å². The van der Waals surface area contributed by atoms with Crippen LogP contribution in [0.2, 0.25) is 0 Å². The van der Waals surface area contributed by atoms with Crippen molar-refractivity contribution in [2.45, 2.75) is 25.9 Å². The summed E-state index contributed by atoms with van der Waals surface area (Å²) in [5.74, 6) is 0.0914. The van der Waals surface area contributed by atoms with Gasteiger partial charge in [0, 0.05) is 16.7 Å². The summed E-state index contributed by atoms with van der Waals surface area (Å²) in [6.07, 6.45) is 0.202. The van der Waals surface area contributed by atoms with Gasteiger partial charge in [0.05, 0.1) is 6.10 Å². The van der Waals surface area contributed by atoms with Crippen LogP contribution in [-0.2, 0) is 0 Å². The number of carbonyl (C=O) groups is 1. The lowest BCUT2D eigenvalue weighted by molar-refractivity contribution is 0.0940. The zero-order chi connectivity index (χ0) is 15.5. The van der Waals surface area contributed by atoms with E-state index in [1.165, 1.54) is 4.70 Å². The summed E-state index contributed by atoms with van der Waals surface area (Å²) in [4.78, 5) is 12.3. The van der Waals surface area contributed by atoms with Crippen LogP contribution in [0.4, 0.5) is 0 Å². The van der Waals surface area contributed by atoms with Gasteiger partial charge in [-0.1, -0.05) is 30.3 Å². The monoisotopic (exact) mass is 310 g/mol. The van der Waals surface area contributed by atoms with Crippen molar-refractivity contribution in [3.63, 3.8) is 0 Å². The van der Waals surface area contributed by atoms with Crippen LogP contribution in [0.25, 0.3) is 10.1 Å². The molecule has 1 N–H and O–H groups in total. The Labute approximate surface area is 134 Å². The zero-order valence-corrected chi connectivity index (χ0v) is 13.3. The van der Waals surface area contributed by atoms with Gasteiger partial charge in [0.2, 0.25) is 0 Å². The first-order chi connectivity index (χ1) is 10.6. The summed E-state index contributed by atoms with van der Waals surface area (Å²) < 4.78 is 1.21. The molecule has 22 heavy (non-hydrogen) atoms. The summed E-state index contributed by atoms with van der Waals surface area (Å²) in [7, 11) is 0. The van der Waals surface area contributed by atoms with E-state index in [9.17, 15) is 9.90 Å². The molecule has 1 unspecified atom stereocenters. The van der Waals surface area contributed by atoms with Crippen molar-refractivity contribution in [3.8, 4) is 0 Å². The first-order valence-electron chi connectivity index (χ1n) is 7.39.